The van der Waals surface area contributed by atoms with E-state index in [9.17, 15) is 14.7 Å². The summed E-state index contributed by atoms with van der Waals surface area (Å²) in [4.78, 5) is 29.6. The molecule has 1 saturated heterocycles. The molecule has 6 heteroatoms. The largest absolute Gasteiger partial charge is 0.480 e. The van der Waals surface area contributed by atoms with Gasteiger partial charge in [-0.05, 0) is 25.5 Å². The Hall–Kier alpha value is -1.56. The van der Waals surface area contributed by atoms with Crippen LogP contribution in [0.15, 0.2) is 18.3 Å². The minimum absolute atomic E-state index is 0.0536. The van der Waals surface area contributed by atoms with Gasteiger partial charge in [-0.25, -0.2) is 4.79 Å². The van der Waals surface area contributed by atoms with E-state index in [2.05, 4.69) is 4.98 Å². The number of thioether (sulfide) groups is 1. The summed E-state index contributed by atoms with van der Waals surface area (Å²) in [7, 11) is 0. The zero-order valence-corrected chi connectivity index (χ0v) is 12.4. The van der Waals surface area contributed by atoms with Gasteiger partial charge in [0.05, 0.1) is 5.37 Å². The molecule has 0 spiro atoms. The maximum Gasteiger partial charge on any atom is 0.327 e. The summed E-state index contributed by atoms with van der Waals surface area (Å²) in [6, 6.07) is 2.60. The first-order valence-electron chi connectivity index (χ1n) is 6.64. The molecule has 2 heterocycles. The summed E-state index contributed by atoms with van der Waals surface area (Å²) in [6.45, 7) is 3.85. The second-order valence-electron chi connectivity index (χ2n) is 4.83. The lowest BCUT2D eigenvalue weighted by atomic mass is 10.1. The van der Waals surface area contributed by atoms with Gasteiger partial charge in [0.1, 0.15) is 6.04 Å². The molecule has 2 unspecified atom stereocenters. The molecule has 2 rings (SSSR count). The van der Waals surface area contributed by atoms with E-state index in [0.717, 1.165) is 18.5 Å². The fourth-order valence-electron chi connectivity index (χ4n) is 2.32. The Morgan fingerprint density at radius 1 is 1.55 bits per heavy atom. The standard InChI is InChI=1S/C14H18N2O3S/c1-3-4-12-16(11(8-20-12)14(18)19)13(17)10-5-6-15-9(2)7-10/h5-7,11-12H,3-4,8H2,1-2H3,(H,18,19). The number of aliphatic carboxylic acids is 1. The number of hydrogen-bond donors (Lipinski definition) is 1. The van der Waals surface area contributed by atoms with E-state index >= 15 is 0 Å². The zero-order chi connectivity index (χ0) is 14.7. The lowest BCUT2D eigenvalue weighted by Gasteiger charge is -2.27. The minimum atomic E-state index is -0.935. The zero-order valence-electron chi connectivity index (χ0n) is 11.6. The molecule has 0 radical (unpaired) electrons. The lowest BCUT2D eigenvalue weighted by molar-refractivity contribution is -0.141. The van der Waals surface area contributed by atoms with Crippen molar-refractivity contribution in [3.8, 4) is 0 Å². The molecule has 108 valence electrons. The van der Waals surface area contributed by atoms with Crippen LogP contribution in [0.2, 0.25) is 0 Å². The van der Waals surface area contributed by atoms with Crippen LogP contribution in [0.5, 0.6) is 0 Å². The third kappa shape index (κ3) is 2.95. The number of aryl methyl sites for hydroxylation is 1. The Morgan fingerprint density at radius 2 is 2.30 bits per heavy atom. The van der Waals surface area contributed by atoms with Crippen LogP contribution in [0.25, 0.3) is 0 Å². The van der Waals surface area contributed by atoms with Crippen LogP contribution in [0.1, 0.15) is 35.8 Å². The Morgan fingerprint density at radius 3 is 2.90 bits per heavy atom. The number of nitrogens with zero attached hydrogens (tertiary/aromatic N) is 2. The molecular formula is C14H18N2O3S. The maximum atomic E-state index is 12.6. The van der Waals surface area contributed by atoms with Crippen molar-refractivity contribution in [2.75, 3.05) is 5.75 Å². The summed E-state index contributed by atoms with van der Waals surface area (Å²) in [5.74, 6) is -0.697. The van der Waals surface area contributed by atoms with Gasteiger partial charge in [0.25, 0.3) is 5.91 Å². The first-order chi connectivity index (χ1) is 9.54. The smallest absolute Gasteiger partial charge is 0.327 e. The highest BCUT2D eigenvalue weighted by molar-refractivity contribution is 8.00. The van der Waals surface area contributed by atoms with Crippen molar-refractivity contribution in [3.63, 3.8) is 0 Å². The highest BCUT2D eigenvalue weighted by Crippen LogP contribution is 2.33. The number of carboxylic acids is 1. The number of pyridine rings is 1. The summed E-state index contributed by atoms with van der Waals surface area (Å²) >= 11 is 1.55. The van der Waals surface area contributed by atoms with Crippen LogP contribution in [0.4, 0.5) is 0 Å². The Labute approximate surface area is 122 Å². The lowest BCUT2D eigenvalue weighted by Crippen LogP contribution is -2.45. The van der Waals surface area contributed by atoms with Crippen LogP contribution in [0.3, 0.4) is 0 Å². The molecule has 2 atom stereocenters. The summed E-state index contributed by atoms with van der Waals surface area (Å²) < 4.78 is 0. The number of rotatable bonds is 4. The number of carbonyl (C=O) groups excluding carboxylic acids is 1. The van der Waals surface area contributed by atoms with E-state index in [4.69, 9.17) is 0 Å². The number of amides is 1. The Bertz CT molecular complexity index is 521. The number of hydrogen-bond acceptors (Lipinski definition) is 4. The van der Waals surface area contributed by atoms with Crippen molar-refractivity contribution in [2.24, 2.45) is 0 Å². The van der Waals surface area contributed by atoms with Crippen LogP contribution in [-0.4, -0.2) is 44.0 Å². The van der Waals surface area contributed by atoms with E-state index in [0.29, 0.717) is 11.3 Å². The van der Waals surface area contributed by atoms with E-state index in [1.807, 2.05) is 13.8 Å². The molecule has 5 nitrogen and oxygen atoms in total. The summed E-state index contributed by atoms with van der Waals surface area (Å²) in [5.41, 5.74) is 1.26. The SMILES string of the molecule is CCCC1SCC(C(=O)O)N1C(=O)c1ccnc(C)c1. The minimum Gasteiger partial charge on any atom is -0.480 e. The number of aromatic nitrogens is 1. The van der Waals surface area contributed by atoms with Crippen molar-refractivity contribution >= 4 is 23.6 Å². The number of carbonyl (C=O) groups is 2. The third-order valence-electron chi connectivity index (χ3n) is 3.29. The molecule has 20 heavy (non-hydrogen) atoms. The molecule has 1 aromatic rings. The van der Waals surface area contributed by atoms with Gasteiger partial charge in [0.15, 0.2) is 0 Å². The van der Waals surface area contributed by atoms with Gasteiger partial charge in [-0.15, -0.1) is 11.8 Å². The molecule has 0 saturated carbocycles. The Kier molecular flexibility index (Phi) is 4.65. The molecule has 1 fully saturated rings. The molecule has 1 N–H and O–H groups in total. The molecule has 1 aromatic heterocycles. The first-order valence-corrected chi connectivity index (χ1v) is 7.69. The monoisotopic (exact) mass is 294 g/mol. The molecule has 0 aliphatic carbocycles. The Balaban J connectivity index is 2.29. The highest BCUT2D eigenvalue weighted by Gasteiger charge is 2.41. The van der Waals surface area contributed by atoms with Crippen LogP contribution < -0.4 is 0 Å². The van der Waals surface area contributed by atoms with Gasteiger partial charge < -0.3 is 10.0 Å². The van der Waals surface area contributed by atoms with Gasteiger partial charge in [-0.1, -0.05) is 13.3 Å². The molecule has 1 aliphatic heterocycles. The molecule has 0 bridgehead atoms. The average molecular weight is 294 g/mol. The van der Waals surface area contributed by atoms with Crippen LogP contribution in [0, 0.1) is 6.92 Å². The van der Waals surface area contributed by atoms with Gasteiger partial charge in [-0.3, -0.25) is 9.78 Å². The second kappa shape index (κ2) is 6.26. The topological polar surface area (TPSA) is 70.5 Å². The molecule has 1 aliphatic rings. The molecule has 1 amide bonds. The third-order valence-corrected chi connectivity index (χ3v) is 4.65. The van der Waals surface area contributed by atoms with Gasteiger partial charge in [-0.2, -0.15) is 0 Å². The molecular weight excluding hydrogens is 276 g/mol. The summed E-state index contributed by atoms with van der Waals surface area (Å²) in [5, 5.41) is 9.25. The molecule has 0 aromatic carbocycles. The van der Waals surface area contributed by atoms with Gasteiger partial charge >= 0.3 is 5.97 Å². The second-order valence-corrected chi connectivity index (χ2v) is 6.04. The van der Waals surface area contributed by atoms with E-state index in [1.165, 1.54) is 4.90 Å². The van der Waals surface area contributed by atoms with Crippen LogP contribution in [-0.2, 0) is 4.79 Å². The van der Waals surface area contributed by atoms with E-state index < -0.39 is 12.0 Å². The first kappa shape index (κ1) is 14.8. The van der Waals surface area contributed by atoms with Crippen molar-refractivity contribution in [2.45, 2.75) is 38.1 Å². The van der Waals surface area contributed by atoms with Gasteiger partial charge in [0.2, 0.25) is 0 Å². The quantitative estimate of drug-likeness (QED) is 0.921. The number of carboxylic acid groups (broad SMARTS) is 1. The highest BCUT2D eigenvalue weighted by atomic mass is 32.2. The fourth-order valence-corrected chi connectivity index (χ4v) is 3.84. The van der Waals surface area contributed by atoms with Crippen molar-refractivity contribution in [1.29, 1.82) is 0 Å². The van der Waals surface area contributed by atoms with E-state index in [1.54, 1.807) is 30.1 Å². The summed E-state index contributed by atoms with van der Waals surface area (Å²) in [6.07, 6.45) is 3.31. The predicted octanol–water partition coefficient (Wildman–Crippen LogP) is 2.16. The van der Waals surface area contributed by atoms with Crippen molar-refractivity contribution < 1.29 is 14.7 Å². The average Bonchev–Trinajstić information content (AvgIpc) is 2.82. The van der Waals surface area contributed by atoms with Crippen molar-refractivity contribution in [3.05, 3.63) is 29.6 Å². The maximum absolute atomic E-state index is 12.6. The van der Waals surface area contributed by atoms with Gasteiger partial charge in [0, 0.05) is 23.2 Å². The normalized spacial score (nSPS) is 22.0. The fraction of sp³-hybridized carbons (Fsp3) is 0.500. The predicted molar refractivity (Wildman–Crippen MR) is 77.7 cm³/mol. The van der Waals surface area contributed by atoms with Crippen LogP contribution >= 0.6 is 11.8 Å². The van der Waals surface area contributed by atoms with Crippen molar-refractivity contribution in [1.82, 2.24) is 9.88 Å². The van der Waals surface area contributed by atoms with E-state index in [-0.39, 0.29) is 11.3 Å².